The zero-order valence-electron chi connectivity index (χ0n) is 15.4. The van der Waals surface area contributed by atoms with Crippen LogP contribution in [0.5, 0.6) is 5.75 Å². The summed E-state index contributed by atoms with van der Waals surface area (Å²) in [5.74, 6) is 1.54. The van der Waals surface area contributed by atoms with Crippen LogP contribution in [0.2, 0.25) is 0 Å². The van der Waals surface area contributed by atoms with Crippen LogP contribution in [-0.4, -0.2) is 31.5 Å². The average molecular weight is 352 g/mol. The van der Waals surface area contributed by atoms with E-state index in [9.17, 15) is 4.79 Å². The molecule has 136 valence electrons. The Morgan fingerprint density at radius 1 is 1.19 bits per heavy atom. The van der Waals surface area contributed by atoms with E-state index in [2.05, 4.69) is 5.32 Å². The van der Waals surface area contributed by atoms with Crippen LogP contribution in [0, 0.1) is 0 Å². The lowest BCUT2D eigenvalue weighted by Crippen LogP contribution is -2.36. The number of hydrogen-bond acceptors (Lipinski definition) is 4. The number of ether oxygens (including phenoxy) is 1. The Hall–Kier alpha value is -2.79. The van der Waals surface area contributed by atoms with Crippen LogP contribution >= 0.6 is 0 Å². The highest BCUT2D eigenvalue weighted by Crippen LogP contribution is 2.23. The summed E-state index contributed by atoms with van der Waals surface area (Å²) in [5.41, 5.74) is 1.93. The fraction of sp³-hybridized carbons (Fsp3) is 0.286. The summed E-state index contributed by atoms with van der Waals surface area (Å²) in [6, 6.07) is 17.5. The quantitative estimate of drug-likeness (QED) is 0.704. The van der Waals surface area contributed by atoms with Crippen molar-refractivity contribution in [3.63, 3.8) is 0 Å². The van der Waals surface area contributed by atoms with Crippen LogP contribution in [-0.2, 0) is 11.3 Å². The van der Waals surface area contributed by atoms with Gasteiger partial charge in [0, 0.05) is 11.9 Å². The van der Waals surface area contributed by atoms with Crippen molar-refractivity contribution in [1.82, 2.24) is 10.2 Å². The van der Waals surface area contributed by atoms with Gasteiger partial charge in [0.1, 0.15) is 17.1 Å². The average Bonchev–Trinajstić information content (AvgIpc) is 3.06. The number of nitrogens with one attached hydrogen (secondary N) is 1. The number of furan rings is 1. The Balaban J connectivity index is 1.55. The highest BCUT2D eigenvalue weighted by molar-refractivity contribution is 5.80. The molecule has 0 unspecified atom stereocenters. The number of carbonyl (C=O) groups excluding carboxylic acids is 1. The molecule has 0 saturated heterocycles. The van der Waals surface area contributed by atoms with Crippen molar-refractivity contribution in [2.45, 2.75) is 19.5 Å². The second-order valence-corrected chi connectivity index (χ2v) is 6.50. The van der Waals surface area contributed by atoms with Gasteiger partial charge in [0.15, 0.2) is 0 Å². The van der Waals surface area contributed by atoms with Crippen molar-refractivity contribution in [3.05, 3.63) is 65.9 Å². The summed E-state index contributed by atoms with van der Waals surface area (Å²) >= 11 is 0. The molecule has 0 aliphatic carbocycles. The van der Waals surface area contributed by atoms with Gasteiger partial charge in [-0.15, -0.1) is 0 Å². The Kier molecular flexibility index (Phi) is 5.58. The minimum absolute atomic E-state index is 0.0386. The van der Waals surface area contributed by atoms with E-state index < -0.39 is 0 Å². The predicted octanol–water partition coefficient (Wildman–Crippen LogP) is 3.75. The molecule has 1 amide bonds. The number of carbonyl (C=O) groups is 1. The number of benzene rings is 2. The van der Waals surface area contributed by atoms with E-state index in [4.69, 9.17) is 9.15 Å². The molecule has 1 aromatic heterocycles. The zero-order valence-corrected chi connectivity index (χ0v) is 15.4. The Labute approximate surface area is 153 Å². The van der Waals surface area contributed by atoms with E-state index >= 15 is 0 Å². The summed E-state index contributed by atoms with van der Waals surface area (Å²) in [7, 11) is 3.57. The standard InChI is InChI=1S/C21H24N2O3/c1-15(20-12-17-8-4-5-10-19(17)26-20)22-21(24)14-23(2)13-16-7-6-9-18(11-16)25-3/h4-12,15H,13-14H2,1-3H3,(H,22,24)/t15-/m1/s1. The molecule has 1 atom stereocenters. The lowest BCUT2D eigenvalue weighted by Gasteiger charge is -2.18. The third kappa shape index (κ3) is 4.43. The van der Waals surface area contributed by atoms with Crippen LogP contribution in [0.25, 0.3) is 11.0 Å². The van der Waals surface area contributed by atoms with E-state index in [1.165, 1.54) is 0 Å². The van der Waals surface area contributed by atoms with Gasteiger partial charge in [-0.25, -0.2) is 0 Å². The van der Waals surface area contributed by atoms with Gasteiger partial charge in [-0.3, -0.25) is 9.69 Å². The third-order valence-electron chi connectivity index (χ3n) is 4.25. The SMILES string of the molecule is COc1cccc(CN(C)CC(=O)N[C@H](C)c2cc3ccccc3o2)c1. The van der Waals surface area contributed by atoms with Gasteiger partial charge in [0.25, 0.3) is 0 Å². The molecule has 5 heteroatoms. The first-order valence-electron chi connectivity index (χ1n) is 8.64. The summed E-state index contributed by atoms with van der Waals surface area (Å²) in [6.07, 6.45) is 0. The molecule has 0 radical (unpaired) electrons. The van der Waals surface area contributed by atoms with Gasteiger partial charge in [0.2, 0.25) is 5.91 Å². The molecule has 26 heavy (non-hydrogen) atoms. The molecule has 0 saturated carbocycles. The fourth-order valence-electron chi connectivity index (χ4n) is 2.96. The van der Waals surface area contributed by atoms with Crippen molar-refractivity contribution in [2.75, 3.05) is 20.7 Å². The summed E-state index contributed by atoms with van der Waals surface area (Å²) in [6.45, 7) is 2.91. The Bertz CT molecular complexity index is 855. The summed E-state index contributed by atoms with van der Waals surface area (Å²) in [4.78, 5) is 14.3. The van der Waals surface area contributed by atoms with Crippen LogP contribution in [0.1, 0.15) is 24.3 Å². The monoisotopic (exact) mass is 352 g/mol. The molecule has 3 rings (SSSR count). The number of methoxy groups -OCH3 is 1. The Morgan fingerprint density at radius 2 is 2.00 bits per heavy atom. The largest absolute Gasteiger partial charge is 0.497 e. The lowest BCUT2D eigenvalue weighted by atomic mass is 10.2. The van der Waals surface area contributed by atoms with Gasteiger partial charge < -0.3 is 14.5 Å². The lowest BCUT2D eigenvalue weighted by molar-refractivity contribution is -0.122. The Morgan fingerprint density at radius 3 is 2.77 bits per heavy atom. The van der Waals surface area contributed by atoms with E-state index in [1.807, 2.05) is 73.5 Å². The van der Waals surface area contributed by atoms with Gasteiger partial charge >= 0.3 is 0 Å². The minimum atomic E-state index is -0.180. The number of amides is 1. The molecule has 0 fully saturated rings. The van der Waals surface area contributed by atoms with Gasteiger partial charge in [-0.1, -0.05) is 30.3 Å². The van der Waals surface area contributed by atoms with Crippen molar-refractivity contribution in [3.8, 4) is 5.75 Å². The normalized spacial score (nSPS) is 12.3. The number of fused-ring (bicyclic) bond motifs is 1. The number of hydrogen-bond donors (Lipinski definition) is 1. The molecule has 2 aromatic carbocycles. The third-order valence-corrected chi connectivity index (χ3v) is 4.25. The molecule has 0 bridgehead atoms. The maximum Gasteiger partial charge on any atom is 0.234 e. The van der Waals surface area contributed by atoms with Crippen LogP contribution in [0.4, 0.5) is 0 Å². The highest BCUT2D eigenvalue weighted by atomic mass is 16.5. The maximum atomic E-state index is 12.3. The van der Waals surface area contributed by atoms with Crippen LogP contribution < -0.4 is 10.1 Å². The van der Waals surface area contributed by atoms with Crippen molar-refractivity contribution in [1.29, 1.82) is 0 Å². The van der Waals surface area contributed by atoms with Crippen molar-refractivity contribution >= 4 is 16.9 Å². The van der Waals surface area contributed by atoms with E-state index in [1.54, 1.807) is 7.11 Å². The van der Waals surface area contributed by atoms with Crippen molar-refractivity contribution < 1.29 is 13.9 Å². The van der Waals surface area contributed by atoms with Gasteiger partial charge in [-0.2, -0.15) is 0 Å². The molecule has 1 heterocycles. The van der Waals surface area contributed by atoms with E-state index in [0.29, 0.717) is 13.1 Å². The molecular weight excluding hydrogens is 328 g/mol. The maximum absolute atomic E-state index is 12.3. The summed E-state index contributed by atoms with van der Waals surface area (Å²) in [5, 5.41) is 4.04. The number of nitrogens with zero attached hydrogens (tertiary/aromatic N) is 1. The van der Waals surface area contributed by atoms with E-state index in [0.717, 1.165) is 28.0 Å². The first-order valence-corrected chi connectivity index (χ1v) is 8.64. The fourth-order valence-corrected chi connectivity index (χ4v) is 2.96. The molecule has 0 aliphatic heterocycles. The van der Waals surface area contributed by atoms with Gasteiger partial charge in [-0.05, 0) is 43.8 Å². The molecule has 5 nitrogen and oxygen atoms in total. The smallest absolute Gasteiger partial charge is 0.234 e. The van der Waals surface area contributed by atoms with Crippen LogP contribution in [0.15, 0.2) is 59.0 Å². The van der Waals surface area contributed by atoms with Crippen LogP contribution in [0.3, 0.4) is 0 Å². The molecule has 0 spiro atoms. The molecule has 3 aromatic rings. The number of para-hydroxylation sites is 1. The van der Waals surface area contributed by atoms with Crippen molar-refractivity contribution in [2.24, 2.45) is 0 Å². The zero-order chi connectivity index (χ0) is 18.5. The number of rotatable bonds is 7. The van der Waals surface area contributed by atoms with E-state index in [-0.39, 0.29) is 11.9 Å². The molecular formula is C21H24N2O3. The molecule has 1 N–H and O–H groups in total. The van der Waals surface area contributed by atoms with Gasteiger partial charge in [0.05, 0.1) is 19.7 Å². The summed E-state index contributed by atoms with van der Waals surface area (Å²) < 4.78 is 11.1. The minimum Gasteiger partial charge on any atom is -0.497 e. The highest BCUT2D eigenvalue weighted by Gasteiger charge is 2.15. The first kappa shape index (κ1) is 18.0. The first-order chi connectivity index (χ1) is 12.5. The molecule has 0 aliphatic rings. The second-order valence-electron chi connectivity index (χ2n) is 6.50. The second kappa shape index (κ2) is 8.06. The topological polar surface area (TPSA) is 54.7 Å². The predicted molar refractivity (Wildman–Crippen MR) is 102 cm³/mol. The number of likely N-dealkylation sites (N-methyl/N-ethyl adjacent to an activating group) is 1.